The van der Waals surface area contributed by atoms with Gasteiger partial charge < -0.3 is 15.0 Å². The Morgan fingerprint density at radius 1 is 1.15 bits per heavy atom. The van der Waals surface area contributed by atoms with Crippen LogP contribution in [0.2, 0.25) is 0 Å². The molecule has 0 bridgehead atoms. The van der Waals surface area contributed by atoms with Gasteiger partial charge in [0.15, 0.2) is 0 Å². The number of methoxy groups -OCH3 is 1. The number of carbonyl (C=O) groups excluding carboxylic acids is 2. The minimum atomic E-state index is -0.0817. The molecule has 1 fully saturated rings. The quantitative estimate of drug-likeness (QED) is 0.756. The summed E-state index contributed by atoms with van der Waals surface area (Å²) < 4.78 is 5.09. The van der Waals surface area contributed by atoms with Crippen molar-refractivity contribution in [1.29, 1.82) is 0 Å². The van der Waals surface area contributed by atoms with E-state index in [0.717, 1.165) is 50.5 Å². The molecule has 2 rings (SSSR count). The molecule has 6 heteroatoms. The summed E-state index contributed by atoms with van der Waals surface area (Å²) in [5.41, 5.74) is 1.45. The van der Waals surface area contributed by atoms with Crippen LogP contribution >= 0.6 is 0 Å². The third-order valence-electron chi connectivity index (χ3n) is 4.57. The Kier molecular flexibility index (Phi) is 7.66. The summed E-state index contributed by atoms with van der Waals surface area (Å²) in [6.45, 7) is 8.44. The average Bonchev–Trinajstić information content (AvgIpc) is 2.68. The first kappa shape index (κ1) is 20.0. The van der Waals surface area contributed by atoms with Gasteiger partial charge in [0.25, 0.3) is 5.91 Å². The molecule has 0 spiro atoms. The summed E-state index contributed by atoms with van der Waals surface area (Å²) in [7, 11) is 1.60. The van der Waals surface area contributed by atoms with Crippen molar-refractivity contribution in [3.63, 3.8) is 0 Å². The van der Waals surface area contributed by atoms with Gasteiger partial charge in [-0.25, -0.2) is 0 Å². The highest BCUT2D eigenvalue weighted by Crippen LogP contribution is 2.11. The second-order valence-electron chi connectivity index (χ2n) is 6.41. The second kappa shape index (κ2) is 9.97. The predicted octanol–water partition coefficient (Wildman–Crippen LogP) is 1.93. The molecule has 1 heterocycles. The maximum absolute atomic E-state index is 12.3. The zero-order valence-electron chi connectivity index (χ0n) is 16.0. The van der Waals surface area contributed by atoms with Gasteiger partial charge in [-0.3, -0.25) is 14.5 Å². The number of amides is 2. The monoisotopic (exact) mass is 359 g/mol. The molecule has 1 saturated heterocycles. The highest BCUT2D eigenvalue weighted by atomic mass is 16.5. The number of hydrogen-bond donors (Lipinski definition) is 1. The zero-order valence-corrected chi connectivity index (χ0v) is 16.0. The fraction of sp³-hybridized carbons (Fsp3) is 0.500. The Morgan fingerprint density at radius 2 is 1.81 bits per heavy atom. The maximum Gasteiger partial charge on any atom is 0.251 e. The predicted molar refractivity (Wildman–Crippen MR) is 102 cm³/mol. The van der Waals surface area contributed by atoms with Crippen LogP contribution in [0.5, 0.6) is 5.75 Å². The van der Waals surface area contributed by atoms with Crippen LogP contribution in [-0.4, -0.2) is 68.0 Å². The first-order chi connectivity index (χ1) is 12.5. The van der Waals surface area contributed by atoms with Crippen LogP contribution in [-0.2, 0) is 4.79 Å². The number of nitrogens with one attached hydrogen (secondary N) is 1. The highest BCUT2D eigenvalue weighted by molar-refractivity contribution is 5.94. The molecule has 1 aliphatic rings. The van der Waals surface area contributed by atoms with Crippen LogP contribution in [0, 0.1) is 0 Å². The molecule has 1 aliphatic heterocycles. The van der Waals surface area contributed by atoms with Crippen molar-refractivity contribution >= 4 is 11.8 Å². The molecule has 1 N–H and O–H groups in total. The molecule has 26 heavy (non-hydrogen) atoms. The number of nitrogens with zero attached hydrogens (tertiary/aromatic N) is 2. The Labute approximate surface area is 155 Å². The first-order valence-corrected chi connectivity index (χ1v) is 9.15. The topological polar surface area (TPSA) is 61.9 Å². The smallest absolute Gasteiger partial charge is 0.251 e. The fourth-order valence-corrected chi connectivity index (χ4v) is 2.99. The molecule has 0 saturated carbocycles. The lowest BCUT2D eigenvalue weighted by Gasteiger charge is -2.35. The van der Waals surface area contributed by atoms with Gasteiger partial charge in [-0.15, -0.1) is 0 Å². The minimum Gasteiger partial charge on any atom is -0.497 e. The van der Waals surface area contributed by atoms with Crippen molar-refractivity contribution in [3.05, 3.63) is 41.5 Å². The number of rotatable bonds is 7. The molecule has 0 atom stereocenters. The molecular weight excluding hydrogens is 330 g/mol. The summed E-state index contributed by atoms with van der Waals surface area (Å²) in [6, 6.07) is 7.07. The lowest BCUT2D eigenvalue weighted by atomic mass is 10.2. The number of carbonyl (C=O) groups is 2. The van der Waals surface area contributed by atoms with E-state index < -0.39 is 0 Å². The van der Waals surface area contributed by atoms with E-state index >= 15 is 0 Å². The molecule has 6 nitrogen and oxygen atoms in total. The minimum absolute atomic E-state index is 0.0817. The van der Waals surface area contributed by atoms with Gasteiger partial charge in [0.1, 0.15) is 5.75 Å². The number of allylic oxidation sites excluding steroid dienone is 1. The van der Waals surface area contributed by atoms with Crippen molar-refractivity contribution in [3.8, 4) is 5.75 Å². The largest absolute Gasteiger partial charge is 0.497 e. The van der Waals surface area contributed by atoms with Crippen molar-refractivity contribution in [2.24, 2.45) is 0 Å². The summed E-state index contributed by atoms with van der Waals surface area (Å²) in [4.78, 5) is 28.6. The summed E-state index contributed by atoms with van der Waals surface area (Å²) >= 11 is 0. The van der Waals surface area contributed by atoms with Crippen LogP contribution in [0.15, 0.2) is 35.9 Å². The van der Waals surface area contributed by atoms with E-state index in [1.165, 1.54) is 0 Å². The van der Waals surface area contributed by atoms with E-state index in [2.05, 4.69) is 10.2 Å². The van der Waals surface area contributed by atoms with E-state index in [4.69, 9.17) is 4.74 Å². The number of benzene rings is 1. The maximum atomic E-state index is 12.3. The Balaban J connectivity index is 1.70. The van der Waals surface area contributed by atoms with Gasteiger partial charge in [-0.1, -0.05) is 13.0 Å². The molecule has 0 aliphatic carbocycles. The molecule has 2 amide bonds. The lowest BCUT2D eigenvalue weighted by molar-refractivity contribution is -0.128. The van der Waals surface area contributed by atoms with Crippen LogP contribution in [0.1, 0.15) is 30.6 Å². The molecule has 0 aromatic heterocycles. The van der Waals surface area contributed by atoms with Crippen LogP contribution in [0.4, 0.5) is 0 Å². The van der Waals surface area contributed by atoms with Gasteiger partial charge in [0, 0.05) is 50.4 Å². The molecule has 0 radical (unpaired) electrons. The molecule has 0 unspecified atom stereocenters. The fourth-order valence-electron chi connectivity index (χ4n) is 2.99. The summed E-state index contributed by atoms with van der Waals surface area (Å²) in [5, 5.41) is 2.94. The molecular formula is C20H29N3O3. The Bertz CT molecular complexity index is 632. The Hall–Kier alpha value is -2.34. The lowest BCUT2D eigenvalue weighted by Crippen LogP contribution is -2.50. The molecule has 1 aromatic carbocycles. The van der Waals surface area contributed by atoms with Gasteiger partial charge >= 0.3 is 0 Å². The van der Waals surface area contributed by atoms with Gasteiger partial charge in [0.05, 0.1) is 7.11 Å². The highest BCUT2D eigenvalue weighted by Gasteiger charge is 2.21. The number of piperazine rings is 1. The molecule has 142 valence electrons. The number of ether oxygens (including phenoxy) is 1. The zero-order chi connectivity index (χ0) is 18.9. The van der Waals surface area contributed by atoms with E-state index in [1.807, 2.05) is 24.8 Å². The molecule has 1 aromatic rings. The number of hydrogen-bond acceptors (Lipinski definition) is 4. The third kappa shape index (κ3) is 5.59. The standard InChI is InChI=1S/C20H29N3O3/c1-4-5-16(2)20(25)23-14-12-22(13-15-23)11-10-21-19(24)17-6-8-18(26-3)9-7-17/h5-9H,4,10-15H2,1-3H3,(H,21,24)/b16-5+. The van der Waals surface area contributed by atoms with E-state index in [1.54, 1.807) is 31.4 Å². The van der Waals surface area contributed by atoms with Gasteiger partial charge in [-0.05, 0) is 37.6 Å². The average molecular weight is 359 g/mol. The van der Waals surface area contributed by atoms with E-state index in [-0.39, 0.29) is 11.8 Å². The van der Waals surface area contributed by atoms with Crippen molar-refractivity contribution in [2.75, 3.05) is 46.4 Å². The van der Waals surface area contributed by atoms with E-state index in [9.17, 15) is 9.59 Å². The first-order valence-electron chi connectivity index (χ1n) is 9.15. The van der Waals surface area contributed by atoms with Crippen LogP contribution in [0.3, 0.4) is 0 Å². The van der Waals surface area contributed by atoms with Crippen molar-refractivity contribution in [2.45, 2.75) is 20.3 Å². The normalized spacial score (nSPS) is 15.7. The summed E-state index contributed by atoms with van der Waals surface area (Å²) in [6.07, 6.45) is 2.86. The van der Waals surface area contributed by atoms with E-state index in [0.29, 0.717) is 12.1 Å². The van der Waals surface area contributed by atoms with Gasteiger partial charge in [-0.2, -0.15) is 0 Å². The van der Waals surface area contributed by atoms with Crippen LogP contribution < -0.4 is 10.1 Å². The van der Waals surface area contributed by atoms with Crippen LogP contribution in [0.25, 0.3) is 0 Å². The summed E-state index contributed by atoms with van der Waals surface area (Å²) in [5.74, 6) is 0.791. The second-order valence-corrected chi connectivity index (χ2v) is 6.41. The van der Waals surface area contributed by atoms with Crippen molar-refractivity contribution in [1.82, 2.24) is 15.1 Å². The third-order valence-corrected chi connectivity index (χ3v) is 4.57. The SMILES string of the molecule is CC/C=C(\C)C(=O)N1CCN(CCNC(=O)c2ccc(OC)cc2)CC1. The Morgan fingerprint density at radius 3 is 2.38 bits per heavy atom. The van der Waals surface area contributed by atoms with Crippen molar-refractivity contribution < 1.29 is 14.3 Å². The van der Waals surface area contributed by atoms with Gasteiger partial charge in [0.2, 0.25) is 5.91 Å².